The summed E-state index contributed by atoms with van der Waals surface area (Å²) in [6.45, 7) is 0. The fraction of sp³-hybridized carbons (Fsp3) is 0.286. The molecule has 0 spiro atoms. The molecule has 0 aliphatic carbocycles. The van der Waals surface area contributed by atoms with Crippen LogP contribution in [0.3, 0.4) is 0 Å². The molecule has 0 amide bonds. The molecule has 0 fully saturated rings. The highest BCUT2D eigenvalue weighted by molar-refractivity contribution is 7.16. The average molecular weight is 281 g/mol. The predicted molar refractivity (Wildman–Crippen MR) is 78.9 cm³/mol. The third-order valence-electron chi connectivity index (χ3n) is 2.94. The smallest absolute Gasteiger partial charge is 0.0931 e. The third kappa shape index (κ3) is 4.10. The van der Waals surface area contributed by atoms with Crippen molar-refractivity contribution in [2.24, 2.45) is 5.84 Å². The Balaban J connectivity index is 1.86. The van der Waals surface area contributed by atoms with Crippen LogP contribution in [0.25, 0.3) is 0 Å². The van der Waals surface area contributed by atoms with Gasteiger partial charge >= 0.3 is 0 Å². The maximum Gasteiger partial charge on any atom is 0.0931 e. The number of hydrazine groups is 1. The van der Waals surface area contributed by atoms with Crippen molar-refractivity contribution >= 4 is 22.9 Å². The maximum absolute atomic E-state index is 5.93. The van der Waals surface area contributed by atoms with Gasteiger partial charge in [-0.2, -0.15) is 0 Å². The van der Waals surface area contributed by atoms with Gasteiger partial charge in [-0.3, -0.25) is 11.3 Å². The molecule has 2 nitrogen and oxygen atoms in total. The lowest BCUT2D eigenvalue weighted by Crippen LogP contribution is -2.36. The first-order valence-electron chi connectivity index (χ1n) is 6.02. The summed E-state index contributed by atoms with van der Waals surface area (Å²) in [5.41, 5.74) is 4.24. The van der Waals surface area contributed by atoms with Crippen LogP contribution in [0.15, 0.2) is 42.5 Å². The summed E-state index contributed by atoms with van der Waals surface area (Å²) in [5, 5.41) is 0. The molecule has 4 heteroatoms. The number of benzene rings is 1. The molecule has 18 heavy (non-hydrogen) atoms. The molecule has 1 unspecified atom stereocenters. The van der Waals surface area contributed by atoms with Gasteiger partial charge in [0.05, 0.1) is 4.34 Å². The number of nitrogens with one attached hydrogen (secondary N) is 1. The molecule has 0 aliphatic rings. The molecule has 0 radical (unpaired) electrons. The molecule has 1 aromatic carbocycles. The second kappa shape index (κ2) is 6.90. The SMILES string of the molecule is NNC(CCc1ccccc1)Cc1ccc(Cl)s1. The zero-order valence-corrected chi connectivity index (χ0v) is 11.7. The van der Waals surface area contributed by atoms with Crippen molar-refractivity contribution < 1.29 is 0 Å². The Morgan fingerprint density at radius 3 is 2.56 bits per heavy atom. The summed E-state index contributed by atoms with van der Waals surface area (Å²) < 4.78 is 0.837. The summed E-state index contributed by atoms with van der Waals surface area (Å²) in [7, 11) is 0. The van der Waals surface area contributed by atoms with Crippen molar-refractivity contribution in [3.63, 3.8) is 0 Å². The minimum atomic E-state index is 0.292. The Kier molecular flexibility index (Phi) is 5.20. The van der Waals surface area contributed by atoms with E-state index in [1.807, 2.05) is 12.1 Å². The number of hydrogen-bond acceptors (Lipinski definition) is 3. The quantitative estimate of drug-likeness (QED) is 0.629. The van der Waals surface area contributed by atoms with Crippen molar-refractivity contribution in [1.29, 1.82) is 0 Å². The minimum Gasteiger partial charge on any atom is -0.271 e. The Morgan fingerprint density at radius 1 is 1.17 bits per heavy atom. The lowest BCUT2D eigenvalue weighted by Gasteiger charge is -2.14. The Labute approximate surface area is 117 Å². The molecule has 1 aromatic heterocycles. The topological polar surface area (TPSA) is 38.0 Å². The first-order chi connectivity index (χ1) is 8.78. The summed E-state index contributed by atoms with van der Waals surface area (Å²) in [4.78, 5) is 1.27. The maximum atomic E-state index is 5.93. The molecule has 1 atom stereocenters. The Bertz CT molecular complexity index is 470. The summed E-state index contributed by atoms with van der Waals surface area (Å²) in [5.74, 6) is 5.61. The molecular formula is C14H17ClN2S. The zero-order valence-electron chi connectivity index (χ0n) is 10.1. The Morgan fingerprint density at radius 2 is 1.94 bits per heavy atom. The molecular weight excluding hydrogens is 264 g/mol. The van der Waals surface area contributed by atoms with Crippen molar-refractivity contribution in [2.45, 2.75) is 25.3 Å². The Hall–Kier alpha value is -0.870. The van der Waals surface area contributed by atoms with Gasteiger partial charge in [-0.1, -0.05) is 41.9 Å². The molecule has 2 rings (SSSR count). The molecule has 0 saturated carbocycles. The van der Waals surface area contributed by atoms with Crippen LogP contribution in [-0.4, -0.2) is 6.04 Å². The van der Waals surface area contributed by atoms with Crippen LogP contribution in [0.5, 0.6) is 0 Å². The molecule has 2 aromatic rings. The standard InChI is InChI=1S/C14H17ClN2S/c15-14-9-8-13(18-14)10-12(17-16)7-6-11-4-2-1-3-5-11/h1-5,8-9,12,17H,6-7,10,16H2. The van der Waals surface area contributed by atoms with Gasteiger partial charge in [0, 0.05) is 10.9 Å². The lowest BCUT2D eigenvalue weighted by atomic mass is 10.0. The van der Waals surface area contributed by atoms with Crippen LogP contribution in [-0.2, 0) is 12.8 Å². The molecule has 0 aliphatic heterocycles. The number of aryl methyl sites for hydroxylation is 1. The summed E-state index contributed by atoms with van der Waals surface area (Å²) in [6, 6.07) is 14.8. The van der Waals surface area contributed by atoms with Gasteiger partial charge in [0.2, 0.25) is 0 Å². The number of nitrogens with two attached hydrogens (primary N) is 1. The normalized spacial score (nSPS) is 12.6. The first kappa shape index (κ1) is 13.6. The van der Waals surface area contributed by atoms with Gasteiger partial charge in [0.1, 0.15) is 0 Å². The van der Waals surface area contributed by atoms with Crippen LogP contribution in [0.2, 0.25) is 4.34 Å². The second-order valence-corrected chi connectivity index (χ2v) is 6.10. The fourth-order valence-electron chi connectivity index (χ4n) is 1.93. The van der Waals surface area contributed by atoms with E-state index >= 15 is 0 Å². The third-order valence-corrected chi connectivity index (χ3v) is 4.19. The van der Waals surface area contributed by atoms with Gasteiger partial charge in [-0.25, -0.2) is 0 Å². The monoisotopic (exact) mass is 280 g/mol. The highest BCUT2D eigenvalue weighted by Gasteiger charge is 2.09. The number of halogens is 1. The van der Waals surface area contributed by atoms with Crippen LogP contribution in [0, 0.1) is 0 Å². The number of rotatable bonds is 6. The van der Waals surface area contributed by atoms with Crippen LogP contribution in [0.4, 0.5) is 0 Å². The minimum absolute atomic E-state index is 0.292. The predicted octanol–water partition coefficient (Wildman–Crippen LogP) is 3.41. The molecule has 3 N–H and O–H groups in total. The molecule has 0 saturated heterocycles. The van der Waals surface area contributed by atoms with E-state index < -0.39 is 0 Å². The van der Waals surface area contributed by atoms with E-state index in [2.05, 4.69) is 35.8 Å². The van der Waals surface area contributed by atoms with E-state index in [4.69, 9.17) is 17.4 Å². The second-order valence-electron chi connectivity index (χ2n) is 4.30. The largest absolute Gasteiger partial charge is 0.271 e. The molecule has 1 heterocycles. The van der Waals surface area contributed by atoms with Gasteiger partial charge in [-0.05, 0) is 37.0 Å². The van der Waals surface area contributed by atoms with E-state index in [1.165, 1.54) is 10.4 Å². The number of hydrogen-bond donors (Lipinski definition) is 2. The van der Waals surface area contributed by atoms with Crippen LogP contribution in [0.1, 0.15) is 16.9 Å². The number of thiophene rings is 1. The highest BCUT2D eigenvalue weighted by atomic mass is 35.5. The van der Waals surface area contributed by atoms with E-state index in [1.54, 1.807) is 11.3 Å². The van der Waals surface area contributed by atoms with Gasteiger partial charge in [0.25, 0.3) is 0 Å². The van der Waals surface area contributed by atoms with Crippen molar-refractivity contribution in [3.8, 4) is 0 Å². The van der Waals surface area contributed by atoms with E-state index in [9.17, 15) is 0 Å². The van der Waals surface area contributed by atoms with Gasteiger partial charge < -0.3 is 0 Å². The summed E-state index contributed by atoms with van der Waals surface area (Å²) >= 11 is 7.55. The fourth-order valence-corrected chi connectivity index (χ4v) is 3.10. The van der Waals surface area contributed by atoms with E-state index in [0.717, 1.165) is 23.6 Å². The van der Waals surface area contributed by atoms with Crippen molar-refractivity contribution in [1.82, 2.24) is 5.43 Å². The van der Waals surface area contributed by atoms with E-state index in [0.29, 0.717) is 6.04 Å². The zero-order chi connectivity index (χ0) is 12.8. The van der Waals surface area contributed by atoms with Crippen molar-refractivity contribution in [2.75, 3.05) is 0 Å². The molecule has 96 valence electrons. The first-order valence-corrected chi connectivity index (χ1v) is 7.21. The van der Waals surface area contributed by atoms with Crippen LogP contribution >= 0.6 is 22.9 Å². The van der Waals surface area contributed by atoms with Gasteiger partial charge in [-0.15, -0.1) is 11.3 Å². The summed E-state index contributed by atoms with van der Waals surface area (Å²) in [6.07, 6.45) is 2.99. The molecule has 0 bridgehead atoms. The van der Waals surface area contributed by atoms with Crippen LogP contribution < -0.4 is 11.3 Å². The van der Waals surface area contributed by atoms with E-state index in [-0.39, 0.29) is 0 Å². The highest BCUT2D eigenvalue weighted by Crippen LogP contribution is 2.23. The van der Waals surface area contributed by atoms with Gasteiger partial charge in [0.15, 0.2) is 0 Å². The lowest BCUT2D eigenvalue weighted by molar-refractivity contribution is 0.494. The van der Waals surface area contributed by atoms with Crippen molar-refractivity contribution in [3.05, 3.63) is 57.2 Å². The average Bonchev–Trinajstić information content (AvgIpc) is 2.81.